The van der Waals surface area contributed by atoms with Gasteiger partial charge in [0, 0.05) is 18.3 Å². The minimum atomic E-state index is -1.06. The molecule has 0 saturated heterocycles. The first-order valence-electron chi connectivity index (χ1n) is 5.01. The van der Waals surface area contributed by atoms with Crippen LogP contribution in [0.3, 0.4) is 0 Å². The largest absolute Gasteiger partial charge is 0.480 e. The molecular weight excluding hydrogens is 226 g/mol. The van der Waals surface area contributed by atoms with E-state index in [1.807, 2.05) is 0 Å². The van der Waals surface area contributed by atoms with E-state index >= 15 is 0 Å². The summed E-state index contributed by atoms with van der Waals surface area (Å²) in [6, 6.07) is 2.56. The zero-order chi connectivity index (χ0) is 13.0. The quantitative estimate of drug-likeness (QED) is 0.614. The van der Waals surface area contributed by atoms with Crippen LogP contribution in [0.5, 0.6) is 0 Å². The van der Waals surface area contributed by atoms with E-state index in [0.717, 1.165) is 0 Å². The minimum absolute atomic E-state index is 0.0786. The van der Waals surface area contributed by atoms with Crippen molar-refractivity contribution in [3.63, 3.8) is 0 Å². The van der Waals surface area contributed by atoms with E-state index in [4.69, 9.17) is 5.11 Å². The van der Waals surface area contributed by atoms with Crippen LogP contribution in [-0.2, 0) is 4.79 Å². The van der Waals surface area contributed by atoms with Gasteiger partial charge in [0.25, 0.3) is 0 Å². The highest BCUT2D eigenvalue weighted by Gasteiger charge is 2.24. The molecule has 1 N–H and O–H groups in total. The van der Waals surface area contributed by atoms with Crippen LogP contribution in [-0.4, -0.2) is 33.6 Å². The van der Waals surface area contributed by atoms with Crippen molar-refractivity contribution in [2.24, 2.45) is 0 Å². The fourth-order valence-electron chi connectivity index (χ4n) is 1.40. The van der Waals surface area contributed by atoms with Gasteiger partial charge in [-0.15, -0.1) is 0 Å². The molecular formula is C10H13N3O4. The van der Waals surface area contributed by atoms with Gasteiger partial charge in [0.05, 0.1) is 4.92 Å². The van der Waals surface area contributed by atoms with E-state index in [1.165, 1.54) is 23.2 Å². The number of nitrogens with zero attached hydrogens (tertiary/aromatic N) is 3. The second kappa shape index (κ2) is 5.24. The van der Waals surface area contributed by atoms with E-state index in [2.05, 4.69) is 4.98 Å². The van der Waals surface area contributed by atoms with E-state index in [1.54, 1.807) is 13.8 Å². The third kappa shape index (κ3) is 3.13. The number of rotatable bonds is 5. The number of hydrogen-bond acceptors (Lipinski definition) is 5. The summed E-state index contributed by atoms with van der Waals surface area (Å²) >= 11 is 0. The first kappa shape index (κ1) is 12.9. The molecule has 92 valence electrons. The molecule has 0 unspecified atom stereocenters. The Labute approximate surface area is 97.8 Å². The van der Waals surface area contributed by atoms with Gasteiger partial charge in [0.2, 0.25) is 5.82 Å². The summed E-state index contributed by atoms with van der Waals surface area (Å²) in [5, 5.41) is 19.6. The molecule has 0 aliphatic rings. The Morgan fingerprint density at radius 1 is 1.65 bits per heavy atom. The summed E-state index contributed by atoms with van der Waals surface area (Å²) in [4.78, 5) is 26.3. The Morgan fingerprint density at radius 3 is 2.76 bits per heavy atom. The number of carboxylic acids is 1. The van der Waals surface area contributed by atoms with E-state index in [0.29, 0.717) is 0 Å². The van der Waals surface area contributed by atoms with Gasteiger partial charge in [-0.25, -0.2) is 4.98 Å². The molecule has 0 amide bonds. The van der Waals surface area contributed by atoms with Gasteiger partial charge in [-0.2, -0.15) is 0 Å². The molecule has 0 aliphatic carbocycles. The number of pyridine rings is 1. The molecule has 1 rings (SSSR count). The molecule has 17 heavy (non-hydrogen) atoms. The Kier molecular flexibility index (Phi) is 3.97. The first-order valence-corrected chi connectivity index (χ1v) is 5.01. The van der Waals surface area contributed by atoms with Gasteiger partial charge in [0.1, 0.15) is 6.54 Å². The Balaban J connectivity index is 3.18. The van der Waals surface area contributed by atoms with Crippen LogP contribution in [0, 0.1) is 10.1 Å². The average molecular weight is 239 g/mol. The Morgan fingerprint density at radius 2 is 2.29 bits per heavy atom. The predicted molar refractivity (Wildman–Crippen MR) is 61.0 cm³/mol. The first-order chi connectivity index (χ1) is 7.93. The number of carbonyl (C=O) groups is 1. The number of aromatic nitrogens is 1. The van der Waals surface area contributed by atoms with Crippen LogP contribution in [0.4, 0.5) is 11.5 Å². The summed E-state index contributed by atoms with van der Waals surface area (Å²) in [5.74, 6) is -0.978. The van der Waals surface area contributed by atoms with Crippen LogP contribution in [0.2, 0.25) is 0 Å². The number of anilines is 1. The van der Waals surface area contributed by atoms with Crippen molar-refractivity contribution in [1.29, 1.82) is 0 Å². The lowest BCUT2D eigenvalue weighted by molar-refractivity contribution is -0.384. The molecule has 1 aromatic rings. The second-order valence-electron chi connectivity index (χ2n) is 3.72. The topological polar surface area (TPSA) is 96.6 Å². The highest BCUT2D eigenvalue weighted by atomic mass is 16.6. The van der Waals surface area contributed by atoms with Crippen LogP contribution in [0.1, 0.15) is 13.8 Å². The summed E-state index contributed by atoms with van der Waals surface area (Å²) in [6.07, 6.45) is 1.40. The Hall–Kier alpha value is -2.18. The van der Waals surface area contributed by atoms with Crippen molar-refractivity contribution in [1.82, 2.24) is 4.98 Å². The summed E-state index contributed by atoms with van der Waals surface area (Å²) in [7, 11) is 0. The molecule has 7 heteroatoms. The van der Waals surface area contributed by atoms with Crippen molar-refractivity contribution in [3.8, 4) is 0 Å². The molecule has 0 aromatic carbocycles. The normalized spacial score (nSPS) is 10.3. The maximum Gasteiger partial charge on any atom is 0.323 e. The maximum atomic E-state index is 10.8. The van der Waals surface area contributed by atoms with Gasteiger partial charge in [-0.05, 0) is 19.9 Å². The molecule has 0 atom stereocenters. The molecule has 0 aliphatic heterocycles. The van der Waals surface area contributed by atoms with Crippen molar-refractivity contribution in [2.45, 2.75) is 19.9 Å². The smallest absolute Gasteiger partial charge is 0.323 e. The molecule has 0 radical (unpaired) electrons. The van der Waals surface area contributed by atoms with E-state index in [9.17, 15) is 14.9 Å². The third-order valence-electron chi connectivity index (χ3n) is 2.16. The summed E-state index contributed by atoms with van der Waals surface area (Å²) < 4.78 is 0. The van der Waals surface area contributed by atoms with Crippen molar-refractivity contribution >= 4 is 17.5 Å². The molecule has 0 spiro atoms. The zero-order valence-electron chi connectivity index (χ0n) is 9.53. The lowest BCUT2D eigenvalue weighted by atomic mass is 10.2. The van der Waals surface area contributed by atoms with Crippen LogP contribution in [0.25, 0.3) is 0 Å². The van der Waals surface area contributed by atoms with Gasteiger partial charge in [0.15, 0.2) is 0 Å². The van der Waals surface area contributed by atoms with Crippen molar-refractivity contribution in [2.75, 3.05) is 11.4 Å². The van der Waals surface area contributed by atoms with Crippen molar-refractivity contribution in [3.05, 3.63) is 28.4 Å². The Bertz CT molecular complexity index is 433. The van der Waals surface area contributed by atoms with Crippen LogP contribution >= 0.6 is 0 Å². The predicted octanol–water partition coefficient (Wildman–Crippen LogP) is 1.29. The highest BCUT2D eigenvalue weighted by Crippen LogP contribution is 2.26. The summed E-state index contributed by atoms with van der Waals surface area (Å²) in [6.45, 7) is 3.18. The molecule has 1 heterocycles. The SMILES string of the molecule is CC(C)N(CC(=O)O)c1ncccc1[N+](=O)[O-]. The second-order valence-corrected chi connectivity index (χ2v) is 3.72. The highest BCUT2D eigenvalue weighted by molar-refractivity contribution is 5.75. The lowest BCUT2D eigenvalue weighted by Gasteiger charge is -2.25. The third-order valence-corrected chi connectivity index (χ3v) is 2.16. The van der Waals surface area contributed by atoms with E-state index < -0.39 is 10.9 Å². The number of hydrogen-bond donors (Lipinski definition) is 1. The van der Waals surface area contributed by atoms with Crippen molar-refractivity contribution < 1.29 is 14.8 Å². The van der Waals surface area contributed by atoms with Crippen LogP contribution < -0.4 is 4.90 Å². The average Bonchev–Trinajstić information content (AvgIpc) is 2.25. The molecule has 0 fully saturated rings. The van der Waals surface area contributed by atoms with Gasteiger partial charge in [-0.3, -0.25) is 14.9 Å². The summed E-state index contributed by atoms with van der Waals surface area (Å²) in [5.41, 5.74) is -0.192. The minimum Gasteiger partial charge on any atom is -0.480 e. The number of aliphatic carboxylic acids is 1. The maximum absolute atomic E-state index is 10.8. The van der Waals surface area contributed by atoms with Crippen LogP contribution in [0.15, 0.2) is 18.3 Å². The standard InChI is InChI=1S/C10H13N3O4/c1-7(2)12(6-9(14)15)10-8(13(16)17)4-3-5-11-10/h3-5,7H,6H2,1-2H3,(H,14,15). The molecule has 0 bridgehead atoms. The molecule has 1 aromatic heterocycles. The molecule has 7 nitrogen and oxygen atoms in total. The monoisotopic (exact) mass is 239 g/mol. The van der Waals surface area contributed by atoms with E-state index in [-0.39, 0.29) is 24.1 Å². The lowest BCUT2D eigenvalue weighted by Crippen LogP contribution is -2.36. The van der Waals surface area contributed by atoms with Gasteiger partial charge >= 0.3 is 11.7 Å². The number of nitro groups is 1. The number of carboxylic acid groups (broad SMARTS) is 1. The zero-order valence-corrected chi connectivity index (χ0v) is 9.53. The fourth-order valence-corrected chi connectivity index (χ4v) is 1.40. The van der Waals surface area contributed by atoms with Gasteiger partial charge in [-0.1, -0.05) is 0 Å². The van der Waals surface area contributed by atoms with Gasteiger partial charge < -0.3 is 10.0 Å². The molecule has 0 saturated carbocycles. The fraction of sp³-hybridized carbons (Fsp3) is 0.400.